The summed E-state index contributed by atoms with van der Waals surface area (Å²) in [7, 11) is 0. The molecule has 0 bridgehead atoms. The minimum absolute atomic E-state index is 0.217. The maximum absolute atomic E-state index is 12.6. The molecule has 0 saturated heterocycles. The molecule has 2 unspecified atom stereocenters. The predicted octanol–water partition coefficient (Wildman–Crippen LogP) is 4.58. The third-order valence-electron chi connectivity index (χ3n) is 4.25. The lowest BCUT2D eigenvalue weighted by molar-refractivity contribution is 0.0746. The van der Waals surface area contributed by atoms with Crippen LogP contribution in [-0.2, 0) is 6.42 Å². The lowest BCUT2D eigenvalue weighted by atomic mass is 9.92. The fraction of sp³-hybridized carbons (Fsp3) is 0.350. The smallest absolute Gasteiger partial charge is 0.196 e. The van der Waals surface area contributed by atoms with Crippen molar-refractivity contribution in [3.8, 4) is 0 Å². The maximum atomic E-state index is 12.6. The van der Waals surface area contributed by atoms with Crippen LogP contribution in [0.3, 0.4) is 0 Å². The van der Waals surface area contributed by atoms with Crippen molar-refractivity contribution in [1.29, 1.82) is 0 Å². The van der Waals surface area contributed by atoms with Gasteiger partial charge < -0.3 is 5.11 Å². The van der Waals surface area contributed by atoms with Crippen LogP contribution in [0.1, 0.15) is 54.3 Å². The standard InChI is InChI=1S/C20H24O2/c1-3-15(2)13-14-16-9-7-8-12-18(16)20(22)19(21)17-10-5-4-6-11-17/h4-12,15,19,21H,3,13-14H2,1-2H3. The average Bonchev–Trinajstić information content (AvgIpc) is 2.59. The number of carbonyl (C=O) groups is 1. The van der Waals surface area contributed by atoms with Crippen LogP contribution < -0.4 is 0 Å². The Bertz CT molecular complexity index is 604. The van der Waals surface area contributed by atoms with Crippen molar-refractivity contribution < 1.29 is 9.90 Å². The summed E-state index contributed by atoms with van der Waals surface area (Å²) in [6.07, 6.45) is 1.98. The Morgan fingerprint density at radius 3 is 2.36 bits per heavy atom. The first kappa shape index (κ1) is 16.4. The molecular weight excluding hydrogens is 272 g/mol. The number of hydrogen-bond donors (Lipinski definition) is 1. The van der Waals surface area contributed by atoms with Gasteiger partial charge in [-0.05, 0) is 29.9 Å². The van der Waals surface area contributed by atoms with Gasteiger partial charge in [0.2, 0.25) is 0 Å². The Morgan fingerprint density at radius 2 is 1.68 bits per heavy atom. The molecule has 0 spiro atoms. The molecule has 0 fully saturated rings. The average molecular weight is 296 g/mol. The zero-order valence-electron chi connectivity index (χ0n) is 13.3. The number of hydrogen-bond acceptors (Lipinski definition) is 2. The van der Waals surface area contributed by atoms with Crippen molar-refractivity contribution in [2.45, 2.75) is 39.2 Å². The Kier molecular flexibility index (Phi) is 5.91. The molecule has 2 aromatic carbocycles. The topological polar surface area (TPSA) is 37.3 Å². The Hall–Kier alpha value is -1.93. The number of benzene rings is 2. The van der Waals surface area contributed by atoms with E-state index < -0.39 is 6.10 Å². The fourth-order valence-corrected chi connectivity index (χ4v) is 2.52. The Labute approximate surface area is 132 Å². The SMILES string of the molecule is CCC(C)CCc1ccccc1C(=O)C(O)c1ccccc1. The van der Waals surface area contributed by atoms with E-state index in [1.165, 1.54) is 0 Å². The van der Waals surface area contributed by atoms with Crippen LogP contribution in [0.15, 0.2) is 54.6 Å². The van der Waals surface area contributed by atoms with Crippen molar-refractivity contribution in [3.05, 3.63) is 71.3 Å². The fourth-order valence-electron chi connectivity index (χ4n) is 2.52. The summed E-state index contributed by atoms with van der Waals surface area (Å²) in [5.74, 6) is 0.424. The number of aryl methyl sites for hydroxylation is 1. The van der Waals surface area contributed by atoms with Crippen LogP contribution in [0.25, 0.3) is 0 Å². The van der Waals surface area contributed by atoms with Crippen LogP contribution >= 0.6 is 0 Å². The molecule has 2 heteroatoms. The van der Waals surface area contributed by atoms with Crippen molar-refractivity contribution in [2.75, 3.05) is 0 Å². The summed E-state index contributed by atoms with van der Waals surface area (Å²) < 4.78 is 0. The van der Waals surface area contributed by atoms with Gasteiger partial charge in [0.25, 0.3) is 0 Å². The summed E-state index contributed by atoms with van der Waals surface area (Å²) in [5.41, 5.74) is 2.31. The van der Waals surface area contributed by atoms with Gasteiger partial charge in [-0.2, -0.15) is 0 Å². The molecule has 2 nitrogen and oxygen atoms in total. The molecule has 0 radical (unpaired) electrons. The van der Waals surface area contributed by atoms with Crippen molar-refractivity contribution in [2.24, 2.45) is 5.92 Å². The minimum Gasteiger partial charge on any atom is -0.380 e. The summed E-state index contributed by atoms with van der Waals surface area (Å²) >= 11 is 0. The van der Waals surface area contributed by atoms with Crippen LogP contribution in [-0.4, -0.2) is 10.9 Å². The highest BCUT2D eigenvalue weighted by atomic mass is 16.3. The third kappa shape index (κ3) is 4.05. The van der Waals surface area contributed by atoms with Crippen LogP contribution in [0.5, 0.6) is 0 Å². The Balaban J connectivity index is 2.19. The van der Waals surface area contributed by atoms with Gasteiger partial charge in [-0.1, -0.05) is 74.9 Å². The number of aliphatic hydroxyl groups is 1. The molecule has 0 aliphatic carbocycles. The lowest BCUT2D eigenvalue weighted by Gasteiger charge is -2.15. The van der Waals surface area contributed by atoms with E-state index in [0.29, 0.717) is 17.0 Å². The number of ketones is 1. The molecule has 116 valence electrons. The van der Waals surface area contributed by atoms with Gasteiger partial charge in [0.05, 0.1) is 0 Å². The highest BCUT2D eigenvalue weighted by Gasteiger charge is 2.21. The molecule has 1 N–H and O–H groups in total. The quantitative estimate of drug-likeness (QED) is 0.759. The molecule has 0 aromatic heterocycles. The van der Waals surface area contributed by atoms with Crippen molar-refractivity contribution in [3.63, 3.8) is 0 Å². The maximum Gasteiger partial charge on any atom is 0.196 e. The molecule has 0 amide bonds. The number of Topliss-reactive ketones (excluding diaryl/α,β-unsaturated/α-hetero) is 1. The Morgan fingerprint density at radius 1 is 1.05 bits per heavy atom. The van der Waals surface area contributed by atoms with E-state index in [-0.39, 0.29) is 5.78 Å². The molecule has 0 saturated carbocycles. The van der Waals surface area contributed by atoms with Gasteiger partial charge >= 0.3 is 0 Å². The second-order valence-electron chi connectivity index (χ2n) is 5.89. The van der Waals surface area contributed by atoms with E-state index in [9.17, 15) is 9.90 Å². The van der Waals surface area contributed by atoms with Gasteiger partial charge in [0.15, 0.2) is 5.78 Å². The molecular formula is C20H24O2. The highest BCUT2D eigenvalue weighted by molar-refractivity contribution is 6.01. The lowest BCUT2D eigenvalue weighted by Crippen LogP contribution is -2.14. The molecule has 0 aliphatic heterocycles. The van der Waals surface area contributed by atoms with Crippen molar-refractivity contribution >= 4 is 5.78 Å². The second-order valence-corrected chi connectivity index (χ2v) is 5.89. The van der Waals surface area contributed by atoms with Gasteiger partial charge in [-0.15, -0.1) is 0 Å². The largest absolute Gasteiger partial charge is 0.380 e. The van der Waals surface area contributed by atoms with Gasteiger partial charge in [0, 0.05) is 5.56 Å². The molecule has 2 aromatic rings. The van der Waals surface area contributed by atoms with E-state index in [1.807, 2.05) is 42.5 Å². The molecule has 22 heavy (non-hydrogen) atoms. The molecule has 2 rings (SSSR count). The summed E-state index contributed by atoms with van der Waals surface area (Å²) in [6, 6.07) is 16.7. The predicted molar refractivity (Wildman–Crippen MR) is 90.0 cm³/mol. The number of aliphatic hydroxyl groups excluding tert-OH is 1. The third-order valence-corrected chi connectivity index (χ3v) is 4.25. The first-order valence-electron chi connectivity index (χ1n) is 7.98. The van der Waals surface area contributed by atoms with Crippen LogP contribution in [0.2, 0.25) is 0 Å². The van der Waals surface area contributed by atoms with E-state index in [2.05, 4.69) is 13.8 Å². The normalized spacial score (nSPS) is 13.6. The first-order valence-corrected chi connectivity index (χ1v) is 7.98. The van der Waals surface area contributed by atoms with Gasteiger partial charge in [0.1, 0.15) is 6.10 Å². The number of carbonyl (C=O) groups excluding carboxylic acids is 1. The monoisotopic (exact) mass is 296 g/mol. The highest BCUT2D eigenvalue weighted by Crippen LogP contribution is 2.22. The van der Waals surface area contributed by atoms with Crippen LogP contribution in [0, 0.1) is 5.92 Å². The summed E-state index contributed by atoms with van der Waals surface area (Å²) in [6.45, 7) is 4.41. The zero-order chi connectivity index (χ0) is 15.9. The molecule has 0 heterocycles. The van der Waals surface area contributed by atoms with Crippen LogP contribution in [0.4, 0.5) is 0 Å². The summed E-state index contributed by atoms with van der Waals surface area (Å²) in [4.78, 5) is 12.6. The minimum atomic E-state index is -1.09. The van der Waals surface area contributed by atoms with E-state index >= 15 is 0 Å². The van der Waals surface area contributed by atoms with Gasteiger partial charge in [-0.3, -0.25) is 4.79 Å². The molecule has 2 atom stereocenters. The number of rotatable bonds is 7. The van der Waals surface area contributed by atoms with E-state index in [4.69, 9.17) is 0 Å². The van der Waals surface area contributed by atoms with Gasteiger partial charge in [-0.25, -0.2) is 0 Å². The van der Waals surface area contributed by atoms with E-state index in [1.54, 1.807) is 12.1 Å². The van der Waals surface area contributed by atoms with Crippen molar-refractivity contribution in [1.82, 2.24) is 0 Å². The summed E-state index contributed by atoms with van der Waals surface area (Å²) in [5, 5.41) is 10.3. The second kappa shape index (κ2) is 7.90. The van der Waals surface area contributed by atoms with E-state index in [0.717, 1.165) is 24.8 Å². The molecule has 0 aliphatic rings. The first-order chi connectivity index (χ1) is 10.6. The zero-order valence-corrected chi connectivity index (χ0v) is 13.3.